The fraction of sp³-hybridized carbons (Fsp3) is 0.333. The second kappa shape index (κ2) is 4.37. The molecule has 0 aliphatic heterocycles. The highest BCUT2D eigenvalue weighted by Crippen LogP contribution is 2.15. The van der Waals surface area contributed by atoms with Gasteiger partial charge in [-0.3, -0.25) is 4.21 Å². The lowest BCUT2D eigenvalue weighted by Crippen LogP contribution is -2.01. The molecular formula is C9H12FNOS. The molecular weight excluding hydrogens is 189 g/mol. The van der Waals surface area contributed by atoms with Crippen LogP contribution < -0.4 is 5.73 Å². The van der Waals surface area contributed by atoms with Gasteiger partial charge in [0.1, 0.15) is 5.82 Å². The number of hydrogen-bond acceptors (Lipinski definition) is 2. The Balaban J connectivity index is 2.83. The summed E-state index contributed by atoms with van der Waals surface area (Å²) in [6, 6.07) is 4.17. The van der Waals surface area contributed by atoms with Gasteiger partial charge in [0.05, 0.1) is 5.75 Å². The topological polar surface area (TPSA) is 43.1 Å². The van der Waals surface area contributed by atoms with Crippen LogP contribution in [-0.2, 0) is 16.6 Å². The summed E-state index contributed by atoms with van der Waals surface area (Å²) in [6.45, 7) is 1.84. The molecule has 1 atom stereocenters. The zero-order valence-corrected chi connectivity index (χ0v) is 8.23. The van der Waals surface area contributed by atoms with E-state index < -0.39 is 10.8 Å². The van der Waals surface area contributed by atoms with E-state index in [2.05, 4.69) is 0 Å². The van der Waals surface area contributed by atoms with Gasteiger partial charge in [-0.05, 0) is 17.7 Å². The molecule has 0 saturated carbocycles. The average molecular weight is 201 g/mol. The van der Waals surface area contributed by atoms with E-state index in [-0.39, 0.29) is 5.82 Å². The van der Waals surface area contributed by atoms with Gasteiger partial charge in [0.25, 0.3) is 0 Å². The molecule has 0 amide bonds. The number of nitrogen functional groups attached to an aromatic ring is 1. The van der Waals surface area contributed by atoms with Crippen LogP contribution in [0.15, 0.2) is 18.2 Å². The van der Waals surface area contributed by atoms with Crippen molar-refractivity contribution in [2.45, 2.75) is 12.7 Å². The molecule has 0 spiro atoms. The van der Waals surface area contributed by atoms with Crippen molar-refractivity contribution >= 4 is 16.5 Å². The van der Waals surface area contributed by atoms with Gasteiger partial charge in [-0.1, -0.05) is 13.0 Å². The fourth-order valence-electron chi connectivity index (χ4n) is 0.973. The van der Waals surface area contributed by atoms with E-state index in [0.29, 0.717) is 17.2 Å². The molecule has 13 heavy (non-hydrogen) atoms. The minimum absolute atomic E-state index is 0.358. The van der Waals surface area contributed by atoms with Gasteiger partial charge in [-0.2, -0.15) is 0 Å². The zero-order chi connectivity index (χ0) is 9.84. The van der Waals surface area contributed by atoms with E-state index in [9.17, 15) is 8.60 Å². The second-order valence-corrected chi connectivity index (χ2v) is 4.46. The summed E-state index contributed by atoms with van der Waals surface area (Å²) in [7, 11) is -0.897. The maximum absolute atomic E-state index is 12.6. The van der Waals surface area contributed by atoms with Crippen molar-refractivity contribution in [2.75, 3.05) is 11.5 Å². The van der Waals surface area contributed by atoms with Gasteiger partial charge in [0.2, 0.25) is 0 Å². The predicted molar refractivity (Wildman–Crippen MR) is 53.2 cm³/mol. The van der Waals surface area contributed by atoms with Gasteiger partial charge < -0.3 is 5.73 Å². The van der Waals surface area contributed by atoms with Crippen molar-refractivity contribution in [1.82, 2.24) is 0 Å². The summed E-state index contributed by atoms with van der Waals surface area (Å²) >= 11 is 0. The van der Waals surface area contributed by atoms with E-state index >= 15 is 0 Å². The number of rotatable bonds is 3. The summed E-state index contributed by atoms with van der Waals surface area (Å²) in [4.78, 5) is 0. The molecule has 0 bridgehead atoms. The molecule has 72 valence electrons. The van der Waals surface area contributed by atoms with Crippen LogP contribution >= 0.6 is 0 Å². The maximum atomic E-state index is 12.6. The molecule has 2 nitrogen and oxygen atoms in total. The fourth-order valence-corrected chi connectivity index (χ4v) is 1.79. The lowest BCUT2D eigenvalue weighted by atomic mass is 10.2. The van der Waals surface area contributed by atoms with Crippen LogP contribution in [0.3, 0.4) is 0 Å². The Morgan fingerprint density at radius 2 is 2.23 bits per heavy atom. The Morgan fingerprint density at radius 1 is 1.54 bits per heavy atom. The Bertz CT molecular complexity index is 327. The largest absolute Gasteiger partial charge is 0.398 e. The Labute approximate surface area is 79.4 Å². The minimum atomic E-state index is -0.897. The highest BCUT2D eigenvalue weighted by molar-refractivity contribution is 7.84. The third kappa shape index (κ3) is 2.81. The van der Waals surface area contributed by atoms with Gasteiger partial charge in [0, 0.05) is 22.2 Å². The number of nitrogens with two attached hydrogens (primary N) is 1. The van der Waals surface area contributed by atoms with E-state index in [1.165, 1.54) is 12.1 Å². The predicted octanol–water partition coefficient (Wildman–Crippen LogP) is 1.68. The standard InChI is InChI=1S/C9H12FNOS/c1-2-13(12)6-7-3-4-8(10)5-9(7)11/h3-5H,2,6,11H2,1H3. The first-order chi connectivity index (χ1) is 6.13. The van der Waals surface area contributed by atoms with Crippen molar-refractivity contribution in [3.63, 3.8) is 0 Å². The van der Waals surface area contributed by atoms with Gasteiger partial charge in [-0.15, -0.1) is 0 Å². The number of halogens is 1. The Morgan fingerprint density at radius 3 is 2.77 bits per heavy atom. The first kappa shape index (κ1) is 10.2. The molecule has 0 heterocycles. The van der Waals surface area contributed by atoms with E-state index in [1.54, 1.807) is 6.07 Å². The van der Waals surface area contributed by atoms with Crippen LogP contribution in [0, 0.1) is 5.82 Å². The summed E-state index contributed by atoms with van der Waals surface area (Å²) in [5, 5.41) is 0. The molecule has 1 rings (SSSR count). The smallest absolute Gasteiger partial charge is 0.125 e. The van der Waals surface area contributed by atoms with Gasteiger partial charge in [-0.25, -0.2) is 4.39 Å². The molecule has 0 aromatic heterocycles. The lowest BCUT2D eigenvalue weighted by molar-refractivity contribution is 0.628. The monoisotopic (exact) mass is 201 g/mol. The first-order valence-corrected chi connectivity index (χ1v) is 5.51. The van der Waals surface area contributed by atoms with Crippen LogP contribution in [0.1, 0.15) is 12.5 Å². The van der Waals surface area contributed by atoms with Crippen LogP contribution in [0.25, 0.3) is 0 Å². The molecule has 0 fully saturated rings. The van der Waals surface area contributed by atoms with Crippen molar-refractivity contribution in [1.29, 1.82) is 0 Å². The zero-order valence-electron chi connectivity index (χ0n) is 7.42. The highest BCUT2D eigenvalue weighted by atomic mass is 32.2. The van der Waals surface area contributed by atoms with Crippen molar-refractivity contribution in [3.8, 4) is 0 Å². The number of anilines is 1. The Hall–Kier alpha value is -0.900. The third-order valence-corrected chi connectivity index (χ3v) is 3.02. The second-order valence-electron chi connectivity index (χ2n) is 2.72. The molecule has 0 radical (unpaired) electrons. The quantitative estimate of drug-likeness (QED) is 0.756. The van der Waals surface area contributed by atoms with E-state index in [0.717, 1.165) is 5.56 Å². The number of hydrogen-bond donors (Lipinski definition) is 1. The summed E-state index contributed by atoms with van der Waals surface area (Å²) in [5.41, 5.74) is 6.68. The molecule has 4 heteroatoms. The molecule has 0 saturated heterocycles. The molecule has 2 N–H and O–H groups in total. The van der Waals surface area contributed by atoms with E-state index in [1.807, 2.05) is 6.92 Å². The number of benzene rings is 1. The first-order valence-electron chi connectivity index (χ1n) is 4.02. The molecule has 1 unspecified atom stereocenters. The summed E-state index contributed by atoms with van der Waals surface area (Å²) in [6.07, 6.45) is 0. The van der Waals surface area contributed by atoms with Crippen molar-refractivity contribution in [2.24, 2.45) is 0 Å². The van der Waals surface area contributed by atoms with Crippen molar-refractivity contribution in [3.05, 3.63) is 29.6 Å². The van der Waals surface area contributed by atoms with Crippen molar-refractivity contribution < 1.29 is 8.60 Å². The maximum Gasteiger partial charge on any atom is 0.125 e. The summed E-state index contributed by atoms with van der Waals surface area (Å²) in [5.74, 6) is 0.642. The SMILES string of the molecule is CCS(=O)Cc1ccc(F)cc1N. The van der Waals surface area contributed by atoms with Crippen LogP contribution in [0.5, 0.6) is 0 Å². The Kier molecular flexibility index (Phi) is 3.42. The molecule has 1 aromatic carbocycles. The molecule has 1 aromatic rings. The normalized spacial score (nSPS) is 12.8. The van der Waals surface area contributed by atoms with Crippen LogP contribution in [0.2, 0.25) is 0 Å². The van der Waals surface area contributed by atoms with Crippen LogP contribution in [-0.4, -0.2) is 9.96 Å². The van der Waals surface area contributed by atoms with Gasteiger partial charge >= 0.3 is 0 Å². The molecule has 0 aliphatic carbocycles. The van der Waals surface area contributed by atoms with E-state index in [4.69, 9.17) is 5.73 Å². The lowest BCUT2D eigenvalue weighted by Gasteiger charge is -2.03. The average Bonchev–Trinajstić information content (AvgIpc) is 2.09. The minimum Gasteiger partial charge on any atom is -0.398 e. The third-order valence-electron chi connectivity index (χ3n) is 1.75. The van der Waals surface area contributed by atoms with Crippen LogP contribution in [0.4, 0.5) is 10.1 Å². The van der Waals surface area contributed by atoms with Gasteiger partial charge in [0.15, 0.2) is 0 Å². The summed E-state index contributed by atoms with van der Waals surface area (Å²) < 4.78 is 23.8. The highest BCUT2D eigenvalue weighted by Gasteiger charge is 2.03. The molecule has 0 aliphatic rings.